The normalized spacial score (nSPS) is 11.9. The monoisotopic (exact) mass is 377 g/mol. The van der Waals surface area contributed by atoms with Crippen LogP contribution in [0.5, 0.6) is 5.75 Å². The predicted molar refractivity (Wildman–Crippen MR) is 103 cm³/mol. The highest BCUT2D eigenvalue weighted by Crippen LogP contribution is 2.28. The number of hydrogen-bond donors (Lipinski definition) is 1. The van der Waals surface area contributed by atoms with Crippen molar-refractivity contribution in [2.45, 2.75) is 27.2 Å². The molecule has 140 valence electrons. The summed E-state index contributed by atoms with van der Waals surface area (Å²) in [4.78, 5) is 19.8. The van der Waals surface area contributed by atoms with Crippen molar-refractivity contribution < 1.29 is 14.3 Å². The van der Waals surface area contributed by atoms with Crippen molar-refractivity contribution in [3.63, 3.8) is 0 Å². The second-order valence-electron chi connectivity index (χ2n) is 6.58. The molecule has 0 saturated carbocycles. The summed E-state index contributed by atoms with van der Waals surface area (Å²) in [5.74, 6) is 2.00. The Hall–Kier alpha value is -2.34. The molecule has 2 heterocycles. The molecule has 0 aliphatic rings. The van der Waals surface area contributed by atoms with Crippen LogP contribution in [0.25, 0.3) is 11.3 Å². The Bertz CT molecular complexity index is 753. The van der Waals surface area contributed by atoms with Gasteiger partial charge in [0.2, 0.25) is 0 Å². The second-order valence-corrected chi connectivity index (χ2v) is 6.94. The molecule has 0 aliphatic heterocycles. The molecule has 0 radical (unpaired) electrons. The van der Waals surface area contributed by atoms with E-state index in [-0.39, 0.29) is 0 Å². The minimum absolute atomic E-state index is 0.304. The van der Waals surface area contributed by atoms with E-state index in [2.05, 4.69) is 40.8 Å². The number of aromatic nitrogens is 2. The highest BCUT2D eigenvalue weighted by molar-refractivity contribution is 6.31. The smallest absolute Gasteiger partial charge is 0.412 e. The Morgan fingerprint density at radius 3 is 2.69 bits per heavy atom. The number of nitrogens with one attached hydrogen (secondary N) is 1. The van der Waals surface area contributed by atoms with Gasteiger partial charge in [-0.25, -0.2) is 14.8 Å². The molecule has 0 aliphatic carbocycles. The molecule has 2 aromatic rings. The Balaban J connectivity index is 2.09. The van der Waals surface area contributed by atoms with Gasteiger partial charge in [-0.2, -0.15) is 0 Å². The van der Waals surface area contributed by atoms with Gasteiger partial charge >= 0.3 is 6.09 Å². The molecule has 1 N–H and O–H groups in total. The molecule has 0 bridgehead atoms. The molecule has 1 atom stereocenters. The molecule has 1 amide bonds. The SMILES string of the molecule is COC(=O)Nc1cc(-c2ccc(OC[C@H](C)CC(C)C)c(Cl)n2)ccn1. The lowest BCUT2D eigenvalue weighted by molar-refractivity contribution is 0.187. The number of halogens is 1. The molecule has 0 saturated heterocycles. The van der Waals surface area contributed by atoms with Crippen molar-refractivity contribution in [2.75, 3.05) is 19.0 Å². The van der Waals surface area contributed by atoms with Gasteiger partial charge in [0.1, 0.15) is 5.82 Å². The van der Waals surface area contributed by atoms with Crippen LogP contribution in [-0.4, -0.2) is 29.8 Å². The van der Waals surface area contributed by atoms with E-state index in [1.54, 1.807) is 24.4 Å². The van der Waals surface area contributed by atoms with Crippen LogP contribution in [0.1, 0.15) is 27.2 Å². The van der Waals surface area contributed by atoms with E-state index in [4.69, 9.17) is 16.3 Å². The van der Waals surface area contributed by atoms with Gasteiger partial charge in [-0.3, -0.25) is 5.32 Å². The summed E-state index contributed by atoms with van der Waals surface area (Å²) in [6.07, 6.45) is 2.09. The number of methoxy groups -OCH3 is 1. The molecule has 0 unspecified atom stereocenters. The first kappa shape index (κ1) is 20.0. The van der Waals surface area contributed by atoms with Crippen LogP contribution in [0.15, 0.2) is 30.5 Å². The van der Waals surface area contributed by atoms with E-state index in [0.29, 0.717) is 40.9 Å². The van der Waals surface area contributed by atoms with Crippen LogP contribution in [0.3, 0.4) is 0 Å². The quantitative estimate of drug-likeness (QED) is 0.684. The van der Waals surface area contributed by atoms with Crippen molar-refractivity contribution >= 4 is 23.5 Å². The van der Waals surface area contributed by atoms with Crippen molar-refractivity contribution in [3.8, 4) is 17.0 Å². The highest BCUT2D eigenvalue weighted by Gasteiger charge is 2.11. The first-order chi connectivity index (χ1) is 12.4. The Morgan fingerprint density at radius 1 is 1.27 bits per heavy atom. The van der Waals surface area contributed by atoms with Crippen LogP contribution in [-0.2, 0) is 4.74 Å². The number of anilines is 1. The predicted octanol–water partition coefficient (Wildman–Crippen LogP) is 5.04. The van der Waals surface area contributed by atoms with Crippen LogP contribution in [0.4, 0.5) is 10.6 Å². The molecule has 7 heteroatoms. The van der Waals surface area contributed by atoms with Crippen molar-refractivity contribution in [3.05, 3.63) is 35.6 Å². The summed E-state index contributed by atoms with van der Waals surface area (Å²) in [7, 11) is 1.29. The van der Waals surface area contributed by atoms with E-state index in [0.717, 1.165) is 12.0 Å². The number of ether oxygens (including phenoxy) is 2. The summed E-state index contributed by atoms with van der Waals surface area (Å²) >= 11 is 6.27. The van der Waals surface area contributed by atoms with E-state index < -0.39 is 6.09 Å². The fraction of sp³-hybridized carbons (Fsp3) is 0.421. The first-order valence-corrected chi connectivity index (χ1v) is 8.87. The van der Waals surface area contributed by atoms with E-state index in [1.807, 2.05) is 6.07 Å². The highest BCUT2D eigenvalue weighted by atomic mass is 35.5. The van der Waals surface area contributed by atoms with E-state index in [1.165, 1.54) is 7.11 Å². The molecule has 2 aromatic heterocycles. The fourth-order valence-electron chi connectivity index (χ4n) is 2.61. The fourth-order valence-corrected chi connectivity index (χ4v) is 2.82. The Morgan fingerprint density at radius 2 is 2.04 bits per heavy atom. The largest absolute Gasteiger partial charge is 0.490 e. The van der Waals surface area contributed by atoms with E-state index in [9.17, 15) is 4.79 Å². The summed E-state index contributed by atoms with van der Waals surface area (Å²) in [5, 5.41) is 2.82. The molecule has 0 aromatic carbocycles. The third-order valence-electron chi connectivity index (χ3n) is 3.68. The molecule has 26 heavy (non-hydrogen) atoms. The van der Waals surface area contributed by atoms with Crippen LogP contribution in [0, 0.1) is 11.8 Å². The molecule has 0 fully saturated rings. The molecule has 6 nitrogen and oxygen atoms in total. The topological polar surface area (TPSA) is 73.3 Å². The maximum Gasteiger partial charge on any atom is 0.412 e. The third kappa shape index (κ3) is 5.88. The molecular weight excluding hydrogens is 354 g/mol. The minimum Gasteiger partial charge on any atom is -0.490 e. The van der Waals surface area contributed by atoms with Gasteiger partial charge in [0.25, 0.3) is 0 Å². The van der Waals surface area contributed by atoms with Crippen LogP contribution >= 0.6 is 11.6 Å². The molecular formula is C19H24ClN3O3. The number of amides is 1. The zero-order chi connectivity index (χ0) is 19.1. The number of carbonyl (C=O) groups excluding carboxylic acids is 1. The van der Waals surface area contributed by atoms with Crippen LogP contribution < -0.4 is 10.1 Å². The third-order valence-corrected chi connectivity index (χ3v) is 3.95. The summed E-state index contributed by atoms with van der Waals surface area (Å²) in [6, 6.07) is 7.11. The van der Waals surface area contributed by atoms with Gasteiger partial charge < -0.3 is 9.47 Å². The number of rotatable bonds is 7. The van der Waals surface area contributed by atoms with Crippen molar-refractivity contribution in [1.82, 2.24) is 9.97 Å². The standard InChI is InChI=1S/C19H24ClN3O3/c1-12(2)9-13(3)11-26-16-6-5-15(22-18(16)20)14-7-8-21-17(10-14)23-19(24)25-4/h5-8,10,12-13H,9,11H2,1-4H3,(H,21,23,24)/t13-/m1/s1. The lowest BCUT2D eigenvalue weighted by Crippen LogP contribution is -2.12. The second kappa shape index (κ2) is 9.38. The lowest BCUT2D eigenvalue weighted by Gasteiger charge is -2.15. The minimum atomic E-state index is -0.583. The Labute approximate surface area is 158 Å². The number of carbonyl (C=O) groups is 1. The van der Waals surface area contributed by atoms with Gasteiger partial charge in [0.05, 0.1) is 19.4 Å². The van der Waals surface area contributed by atoms with Crippen molar-refractivity contribution in [1.29, 1.82) is 0 Å². The zero-order valence-corrected chi connectivity index (χ0v) is 16.2. The maximum absolute atomic E-state index is 11.3. The van der Waals surface area contributed by atoms with Gasteiger partial charge in [0, 0.05) is 11.8 Å². The number of hydrogen-bond acceptors (Lipinski definition) is 5. The lowest BCUT2D eigenvalue weighted by atomic mass is 10.00. The van der Waals surface area contributed by atoms with Gasteiger partial charge in [-0.15, -0.1) is 0 Å². The number of pyridine rings is 2. The molecule has 0 spiro atoms. The van der Waals surface area contributed by atoms with Gasteiger partial charge in [-0.1, -0.05) is 32.4 Å². The van der Waals surface area contributed by atoms with E-state index >= 15 is 0 Å². The Kier molecular flexibility index (Phi) is 7.21. The number of nitrogens with zero attached hydrogens (tertiary/aromatic N) is 2. The van der Waals surface area contributed by atoms with Gasteiger partial charge in [0.15, 0.2) is 10.9 Å². The summed E-state index contributed by atoms with van der Waals surface area (Å²) < 4.78 is 10.4. The maximum atomic E-state index is 11.3. The average Bonchev–Trinajstić information content (AvgIpc) is 2.60. The average molecular weight is 378 g/mol. The zero-order valence-electron chi connectivity index (χ0n) is 15.5. The summed E-state index contributed by atoms with van der Waals surface area (Å²) in [6.45, 7) is 7.14. The van der Waals surface area contributed by atoms with Crippen molar-refractivity contribution in [2.24, 2.45) is 11.8 Å². The van der Waals surface area contributed by atoms with Gasteiger partial charge in [-0.05, 0) is 42.5 Å². The summed E-state index contributed by atoms with van der Waals surface area (Å²) in [5.41, 5.74) is 1.43. The first-order valence-electron chi connectivity index (χ1n) is 8.49. The van der Waals surface area contributed by atoms with Crippen LogP contribution in [0.2, 0.25) is 5.15 Å². The molecule has 2 rings (SSSR count).